The molecule has 0 fully saturated rings. The highest BCUT2D eigenvalue weighted by atomic mass is 35.5. The molecule has 0 unspecified atom stereocenters. The number of nitrogens with zero attached hydrogens (tertiary/aromatic N) is 3. The summed E-state index contributed by atoms with van der Waals surface area (Å²) in [6.07, 6.45) is 1.36. The molecular formula is C12H10ClF2N5OS. The van der Waals surface area contributed by atoms with E-state index in [9.17, 15) is 13.6 Å². The molecule has 1 amide bonds. The summed E-state index contributed by atoms with van der Waals surface area (Å²) in [6, 6.07) is 4.08. The highest BCUT2D eigenvalue weighted by molar-refractivity contribution is 7.99. The SMILES string of the molecule is [2H]C([2H])([2H])NC(=O)c1nnc(Cl)cc1Nc1ncccc1SC(F)F. The molecule has 0 aromatic carbocycles. The van der Waals surface area contributed by atoms with E-state index in [0.29, 0.717) is 0 Å². The number of hydrogen-bond acceptors (Lipinski definition) is 6. The first-order valence-electron chi connectivity index (χ1n) is 7.18. The van der Waals surface area contributed by atoms with Gasteiger partial charge in [-0.05, 0) is 12.1 Å². The van der Waals surface area contributed by atoms with Crippen LogP contribution in [0.3, 0.4) is 0 Å². The van der Waals surface area contributed by atoms with E-state index < -0.39 is 18.6 Å². The van der Waals surface area contributed by atoms with Crippen LogP contribution < -0.4 is 10.6 Å². The van der Waals surface area contributed by atoms with Gasteiger partial charge in [-0.2, -0.15) is 8.78 Å². The molecule has 0 saturated heterocycles. The quantitative estimate of drug-likeness (QED) is 0.809. The number of carbonyl (C=O) groups excluding carboxylic acids is 1. The number of carbonyl (C=O) groups is 1. The molecule has 0 saturated carbocycles. The predicted octanol–water partition coefficient (Wildman–Crippen LogP) is 2.94. The van der Waals surface area contributed by atoms with Crippen LogP contribution in [0.2, 0.25) is 5.15 Å². The molecule has 0 radical (unpaired) electrons. The van der Waals surface area contributed by atoms with Gasteiger partial charge < -0.3 is 10.6 Å². The molecule has 22 heavy (non-hydrogen) atoms. The zero-order valence-corrected chi connectivity index (χ0v) is 12.3. The first-order valence-corrected chi connectivity index (χ1v) is 6.94. The van der Waals surface area contributed by atoms with Crippen molar-refractivity contribution in [2.24, 2.45) is 0 Å². The maximum Gasteiger partial charge on any atom is 0.289 e. The first kappa shape index (κ1) is 12.5. The molecule has 0 aliphatic carbocycles. The van der Waals surface area contributed by atoms with Gasteiger partial charge in [0.05, 0.1) is 10.6 Å². The number of alkyl halides is 2. The maximum atomic E-state index is 12.6. The van der Waals surface area contributed by atoms with Crippen molar-refractivity contribution in [3.63, 3.8) is 0 Å². The monoisotopic (exact) mass is 348 g/mol. The van der Waals surface area contributed by atoms with Crippen LogP contribution in [0.5, 0.6) is 0 Å². The summed E-state index contributed by atoms with van der Waals surface area (Å²) in [5.74, 6) is -3.69. The van der Waals surface area contributed by atoms with Gasteiger partial charge in [0.15, 0.2) is 10.8 Å². The van der Waals surface area contributed by atoms with Gasteiger partial charge >= 0.3 is 0 Å². The third kappa shape index (κ3) is 4.01. The topological polar surface area (TPSA) is 79.8 Å². The molecule has 0 aliphatic heterocycles. The molecule has 2 N–H and O–H groups in total. The smallest absolute Gasteiger partial charge is 0.289 e. The summed E-state index contributed by atoms with van der Waals surface area (Å²) >= 11 is 6.00. The van der Waals surface area contributed by atoms with Crippen LogP contribution in [0.15, 0.2) is 29.3 Å². The Bertz CT molecular complexity index is 781. The third-order valence-corrected chi connectivity index (χ3v) is 3.28. The Labute approximate surface area is 137 Å². The second-order valence-corrected chi connectivity index (χ2v) is 5.16. The Hall–Kier alpha value is -2.00. The summed E-state index contributed by atoms with van der Waals surface area (Å²) in [6.45, 7) is -2.74. The van der Waals surface area contributed by atoms with Crippen molar-refractivity contribution in [1.82, 2.24) is 20.5 Å². The Morgan fingerprint density at radius 1 is 1.50 bits per heavy atom. The Morgan fingerprint density at radius 3 is 3.05 bits per heavy atom. The van der Waals surface area contributed by atoms with E-state index >= 15 is 0 Å². The molecule has 0 bridgehead atoms. The van der Waals surface area contributed by atoms with Crippen molar-refractivity contribution in [3.05, 3.63) is 35.2 Å². The molecule has 2 aromatic heterocycles. The van der Waals surface area contributed by atoms with Crippen LogP contribution >= 0.6 is 23.4 Å². The van der Waals surface area contributed by atoms with Gasteiger partial charge in [-0.25, -0.2) is 4.98 Å². The van der Waals surface area contributed by atoms with Crippen LogP contribution in [-0.4, -0.2) is 33.8 Å². The zero-order valence-electron chi connectivity index (χ0n) is 13.7. The van der Waals surface area contributed by atoms with E-state index in [-0.39, 0.29) is 39.0 Å². The van der Waals surface area contributed by atoms with Crippen LogP contribution in [0, 0.1) is 0 Å². The van der Waals surface area contributed by atoms with Crippen molar-refractivity contribution >= 4 is 40.8 Å². The number of hydrogen-bond donors (Lipinski definition) is 2. The number of anilines is 2. The van der Waals surface area contributed by atoms with Crippen molar-refractivity contribution in [1.29, 1.82) is 0 Å². The molecule has 0 aliphatic rings. The first-order chi connectivity index (χ1) is 11.7. The molecule has 2 rings (SSSR count). The minimum absolute atomic E-state index is 0.0276. The van der Waals surface area contributed by atoms with E-state index in [2.05, 4.69) is 20.5 Å². The zero-order chi connectivity index (χ0) is 18.6. The van der Waals surface area contributed by atoms with Crippen LogP contribution in [0.25, 0.3) is 0 Å². The highest BCUT2D eigenvalue weighted by Crippen LogP contribution is 2.32. The second-order valence-electron chi connectivity index (χ2n) is 3.74. The lowest BCUT2D eigenvalue weighted by atomic mass is 10.3. The summed E-state index contributed by atoms with van der Waals surface area (Å²) in [5, 5.41) is 11.4. The van der Waals surface area contributed by atoms with Gasteiger partial charge in [-0.3, -0.25) is 4.79 Å². The second kappa shape index (κ2) is 7.32. The fourth-order valence-electron chi connectivity index (χ4n) is 1.49. The summed E-state index contributed by atoms with van der Waals surface area (Å²) in [5.41, 5.74) is -0.407. The minimum atomic E-state index is -2.74. The lowest BCUT2D eigenvalue weighted by molar-refractivity contribution is 0.0958. The maximum absolute atomic E-state index is 12.6. The van der Waals surface area contributed by atoms with Gasteiger partial charge in [0.2, 0.25) is 0 Å². The molecule has 6 nitrogen and oxygen atoms in total. The number of thioether (sulfide) groups is 1. The summed E-state index contributed by atoms with van der Waals surface area (Å²) in [7, 11) is 0. The van der Waals surface area contributed by atoms with E-state index in [1.807, 2.05) is 0 Å². The molecular weight excluding hydrogens is 336 g/mol. The lowest BCUT2D eigenvalue weighted by Gasteiger charge is -2.12. The highest BCUT2D eigenvalue weighted by Gasteiger charge is 2.17. The number of aromatic nitrogens is 3. The van der Waals surface area contributed by atoms with Crippen LogP contribution in [-0.2, 0) is 0 Å². The molecule has 0 spiro atoms. The average molecular weight is 349 g/mol. The third-order valence-electron chi connectivity index (χ3n) is 2.33. The van der Waals surface area contributed by atoms with Gasteiger partial charge in [-0.1, -0.05) is 23.4 Å². The predicted molar refractivity (Wildman–Crippen MR) is 79.8 cm³/mol. The summed E-state index contributed by atoms with van der Waals surface area (Å²) in [4.78, 5) is 16.1. The minimum Gasteiger partial charge on any atom is -0.354 e. The molecule has 10 heteroatoms. The fraction of sp³-hybridized carbons (Fsp3) is 0.167. The van der Waals surface area contributed by atoms with E-state index in [1.54, 1.807) is 5.32 Å². The largest absolute Gasteiger partial charge is 0.354 e. The van der Waals surface area contributed by atoms with E-state index in [0.717, 1.165) is 0 Å². The normalized spacial score (nSPS) is 13.2. The van der Waals surface area contributed by atoms with Crippen LogP contribution in [0.4, 0.5) is 20.3 Å². The molecule has 2 heterocycles. The van der Waals surface area contributed by atoms with Crippen molar-refractivity contribution in [2.75, 3.05) is 12.3 Å². The Kier molecular flexibility index (Phi) is 4.17. The fourth-order valence-corrected chi connectivity index (χ4v) is 2.20. The van der Waals surface area contributed by atoms with E-state index in [1.165, 1.54) is 24.4 Å². The number of halogens is 3. The number of nitrogens with one attached hydrogen (secondary N) is 2. The lowest BCUT2D eigenvalue weighted by Crippen LogP contribution is -2.21. The Balaban J connectivity index is 2.37. The van der Waals surface area contributed by atoms with Gasteiger partial charge in [0.25, 0.3) is 11.7 Å². The van der Waals surface area contributed by atoms with Crippen LogP contribution in [0.1, 0.15) is 14.6 Å². The summed E-state index contributed by atoms with van der Waals surface area (Å²) < 4.78 is 46.5. The van der Waals surface area contributed by atoms with Gasteiger partial charge in [0, 0.05) is 23.4 Å². The molecule has 116 valence electrons. The van der Waals surface area contributed by atoms with E-state index in [4.69, 9.17) is 15.7 Å². The number of amides is 1. The van der Waals surface area contributed by atoms with Crippen molar-refractivity contribution in [3.8, 4) is 0 Å². The van der Waals surface area contributed by atoms with Crippen molar-refractivity contribution < 1.29 is 17.7 Å². The number of pyridine rings is 1. The van der Waals surface area contributed by atoms with Gasteiger partial charge in [0.1, 0.15) is 5.82 Å². The Morgan fingerprint density at radius 2 is 2.32 bits per heavy atom. The van der Waals surface area contributed by atoms with Gasteiger partial charge in [-0.15, -0.1) is 10.2 Å². The van der Waals surface area contributed by atoms with Crippen molar-refractivity contribution in [2.45, 2.75) is 10.7 Å². The molecule has 0 atom stereocenters. The average Bonchev–Trinajstić information content (AvgIpc) is 2.47. The molecule has 2 aromatic rings. The number of rotatable bonds is 5. The standard InChI is InChI=1S/C12H10ClF2N5OS/c1-16-11(21)9-6(5-8(13)19-20-9)18-10-7(22-12(14)15)3-2-4-17-10/h2-5,12H,1H3,(H,16,21)(H,17,18,19)/i1D3.